The molecule has 0 bridgehead atoms. The first-order chi connectivity index (χ1) is 11.8. The highest BCUT2D eigenvalue weighted by Gasteiger charge is 2.50. The van der Waals surface area contributed by atoms with Gasteiger partial charge in [0.05, 0.1) is 16.3 Å². The van der Waals surface area contributed by atoms with E-state index in [9.17, 15) is 4.79 Å². The number of amides is 1. The highest BCUT2D eigenvalue weighted by atomic mass is 35.5. The molecule has 1 saturated heterocycles. The van der Waals surface area contributed by atoms with Crippen LogP contribution in [0.1, 0.15) is 25.0 Å². The molecule has 3 rings (SSSR count). The Morgan fingerprint density at radius 2 is 1.72 bits per heavy atom. The van der Waals surface area contributed by atoms with Crippen LogP contribution in [-0.4, -0.2) is 16.6 Å². The second kappa shape index (κ2) is 6.14. The van der Waals surface area contributed by atoms with Crippen molar-refractivity contribution in [3.8, 4) is 6.07 Å². The zero-order chi connectivity index (χ0) is 18.4. The molecule has 0 aliphatic carbocycles. The largest absolute Gasteiger partial charge is 0.304 e. The van der Waals surface area contributed by atoms with Gasteiger partial charge in [0.2, 0.25) is 0 Å². The minimum Gasteiger partial charge on any atom is -0.304 e. The van der Waals surface area contributed by atoms with Crippen LogP contribution in [0.15, 0.2) is 42.5 Å². The second-order valence-electron chi connectivity index (χ2n) is 6.43. The summed E-state index contributed by atoms with van der Waals surface area (Å²) in [6, 6.07) is 14.8. The smallest absolute Gasteiger partial charge is 0.259 e. The van der Waals surface area contributed by atoms with E-state index in [1.807, 2.05) is 56.0 Å². The summed E-state index contributed by atoms with van der Waals surface area (Å²) in [6.45, 7) is 5.69. The van der Waals surface area contributed by atoms with E-state index in [0.29, 0.717) is 21.4 Å². The number of hydrogen-bond donors (Lipinski definition) is 0. The molecule has 4 nitrogen and oxygen atoms in total. The van der Waals surface area contributed by atoms with Crippen molar-refractivity contribution in [2.75, 3.05) is 9.80 Å². The maximum absolute atomic E-state index is 13.0. The first-order valence-electron chi connectivity index (χ1n) is 7.72. The van der Waals surface area contributed by atoms with Gasteiger partial charge in [-0.15, -0.1) is 0 Å². The van der Waals surface area contributed by atoms with Crippen molar-refractivity contribution in [3.05, 3.63) is 58.6 Å². The number of halogens is 1. The number of nitriles is 1. The molecule has 0 unspecified atom stereocenters. The number of aryl methyl sites for hydroxylation is 1. The van der Waals surface area contributed by atoms with Crippen LogP contribution in [-0.2, 0) is 4.79 Å². The molecule has 0 aromatic heterocycles. The van der Waals surface area contributed by atoms with Crippen LogP contribution in [0.25, 0.3) is 0 Å². The van der Waals surface area contributed by atoms with Crippen molar-refractivity contribution in [1.29, 1.82) is 5.26 Å². The Morgan fingerprint density at radius 1 is 1.12 bits per heavy atom. The Hall–Kier alpha value is -2.42. The topological polar surface area (TPSA) is 47.3 Å². The lowest BCUT2D eigenvalue weighted by Crippen LogP contribution is -2.44. The summed E-state index contributed by atoms with van der Waals surface area (Å²) < 4.78 is 0. The summed E-state index contributed by atoms with van der Waals surface area (Å²) in [6.07, 6.45) is 0. The summed E-state index contributed by atoms with van der Waals surface area (Å²) in [5.41, 5.74) is 2.08. The number of hydrogen-bond acceptors (Lipinski definition) is 3. The number of thiocarbonyl (C=S) groups is 1. The molecular formula is C19H16ClN3OS. The van der Waals surface area contributed by atoms with E-state index < -0.39 is 5.54 Å². The molecular weight excluding hydrogens is 354 g/mol. The third kappa shape index (κ3) is 2.78. The first kappa shape index (κ1) is 17.4. The normalized spacial score (nSPS) is 16.3. The Labute approximate surface area is 157 Å². The average molecular weight is 370 g/mol. The third-order valence-electron chi connectivity index (χ3n) is 4.29. The Morgan fingerprint density at radius 3 is 2.28 bits per heavy atom. The summed E-state index contributed by atoms with van der Waals surface area (Å²) >= 11 is 11.7. The van der Waals surface area contributed by atoms with Crippen molar-refractivity contribution >= 4 is 46.2 Å². The predicted octanol–water partition coefficient (Wildman–Crippen LogP) is 4.44. The van der Waals surface area contributed by atoms with Crippen LogP contribution in [0.3, 0.4) is 0 Å². The van der Waals surface area contributed by atoms with Gasteiger partial charge in [0.15, 0.2) is 5.11 Å². The van der Waals surface area contributed by atoms with Gasteiger partial charge in [-0.3, -0.25) is 9.69 Å². The molecule has 0 radical (unpaired) electrons. The van der Waals surface area contributed by atoms with E-state index in [2.05, 4.69) is 0 Å². The SMILES string of the molecule is Cc1ccc(N2C(=S)N(c3ccc(C#N)c(Cl)c3)C(=O)C2(C)C)cc1. The number of nitrogens with zero attached hydrogens (tertiary/aromatic N) is 3. The quantitative estimate of drug-likeness (QED) is 0.734. The van der Waals surface area contributed by atoms with E-state index in [1.54, 1.807) is 18.2 Å². The molecule has 2 aromatic carbocycles. The zero-order valence-corrected chi connectivity index (χ0v) is 15.6. The molecule has 0 N–H and O–H groups in total. The first-order valence-corrected chi connectivity index (χ1v) is 8.51. The number of rotatable bonds is 2. The Kier molecular flexibility index (Phi) is 4.28. The van der Waals surface area contributed by atoms with Gasteiger partial charge in [-0.05, 0) is 63.3 Å². The molecule has 1 aliphatic heterocycles. The van der Waals surface area contributed by atoms with E-state index in [4.69, 9.17) is 29.1 Å². The number of anilines is 2. The Bertz CT molecular complexity index is 915. The summed E-state index contributed by atoms with van der Waals surface area (Å²) in [5.74, 6) is -0.140. The van der Waals surface area contributed by atoms with Crippen molar-refractivity contribution in [3.63, 3.8) is 0 Å². The molecule has 0 saturated carbocycles. The predicted molar refractivity (Wildman–Crippen MR) is 104 cm³/mol. The van der Waals surface area contributed by atoms with Gasteiger partial charge in [-0.1, -0.05) is 29.3 Å². The lowest BCUT2D eigenvalue weighted by Gasteiger charge is -2.29. The number of carbonyl (C=O) groups excluding carboxylic acids is 1. The van der Waals surface area contributed by atoms with Crippen molar-refractivity contribution < 1.29 is 4.79 Å². The molecule has 25 heavy (non-hydrogen) atoms. The molecule has 1 heterocycles. The standard InChI is InChI=1S/C19H16ClN3OS/c1-12-4-7-14(8-5-12)23-18(25)22(17(24)19(23,2)3)15-9-6-13(11-21)16(20)10-15/h4-10H,1-3H3. The van der Waals surface area contributed by atoms with E-state index in [1.165, 1.54) is 4.90 Å². The summed E-state index contributed by atoms with van der Waals surface area (Å²) in [7, 11) is 0. The average Bonchev–Trinajstić information content (AvgIpc) is 2.74. The monoisotopic (exact) mass is 369 g/mol. The van der Waals surface area contributed by atoms with E-state index in [0.717, 1.165) is 11.3 Å². The lowest BCUT2D eigenvalue weighted by atomic mass is 10.0. The van der Waals surface area contributed by atoms with Gasteiger partial charge in [0.25, 0.3) is 5.91 Å². The fraction of sp³-hybridized carbons (Fsp3) is 0.211. The van der Waals surface area contributed by atoms with Crippen molar-refractivity contribution in [2.24, 2.45) is 0 Å². The lowest BCUT2D eigenvalue weighted by molar-refractivity contribution is -0.120. The summed E-state index contributed by atoms with van der Waals surface area (Å²) in [5, 5.41) is 9.71. The zero-order valence-electron chi connectivity index (χ0n) is 14.1. The molecule has 2 aromatic rings. The van der Waals surface area contributed by atoms with Crippen LogP contribution in [0.4, 0.5) is 11.4 Å². The molecule has 1 amide bonds. The van der Waals surface area contributed by atoms with Crippen LogP contribution in [0.5, 0.6) is 0 Å². The number of carbonyl (C=O) groups is 1. The molecule has 6 heteroatoms. The molecule has 0 atom stereocenters. The van der Waals surface area contributed by atoms with Crippen LogP contribution in [0, 0.1) is 18.3 Å². The fourth-order valence-corrected chi connectivity index (χ4v) is 3.62. The Balaban J connectivity index is 2.07. The number of benzene rings is 2. The van der Waals surface area contributed by atoms with Crippen molar-refractivity contribution in [1.82, 2.24) is 0 Å². The molecule has 0 spiro atoms. The van der Waals surface area contributed by atoms with Crippen LogP contribution in [0.2, 0.25) is 5.02 Å². The minimum atomic E-state index is -0.827. The van der Waals surface area contributed by atoms with E-state index in [-0.39, 0.29) is 5.91 Å². The van der Waals surface area contributed by atoms with Gasteiger partial charge in [0.1, 0.15) is 11.6 Å². The van der Waals surface area contributed by atoms with E-state index >= 15 is 0 Å². The van der Waals surface area contributed by atoms with Crippen LogP contribution >= 0.6 is 23.8 Å². The third-order valence-corrected chi connectivity index (χ3v) is 4.97. The van der Waals surface area contributed by atoms with Gasteiger partial charge >= 0.3 is 0 Å². The molecule has 126 valence electrons. The maximum atomic E-state index is 13.0. The maximum Gasteiger partial charge on any atom is 0.259 e. The molecule has 1 fully saturated rings. The van der Waals surface area contributed by atoms with Gasteiger partial charge in [-0.25, -0.2) is 0 Å². The second-order valence-corrected chi connectivity index (χ2v) is 7.20. The molecule has 1 aliphatic rings. The summed E-state index contributed by atoms with van der Waals surface area (Å²) in [4.78, 5) is 16.4. The van der Waals surface area contributed by atoms with Gasteiger partial charge < -0.3 is 4.90 Å². The van der Waals surface area contributed by atoms with Gasteiger partial charge in [0, 0.05) is 5.69 Å². The fourth-order valence-electron chi connectivity index (χ4n) is 2.88. The highest BCUT2D eigenvalue weighted by Crippen LogP contribution is 2.37. The van der Waals surface area contributed by atoms with Crippen molar-refractivity contribution in [2.45, 2.75) is 26.3 Å². The highest BCUT2D eigenvalue weighted by molar-refractivity contribution is 7.81. The minimum absolute atomic E-state index is 0.140. The van der Waals surface area contributed by atoms with Crippen LogP contribution < -0.4 is 9.80 Å². The van der Waals surface area contributed by atoms with Gasteiger partial charge in [-0.2, -0.15) is 5.26 Å².